The van der Waals surface area contributed by atoms with Crippen molar-refractivity contribution in [1.82, 2.24) is 19.0 Å². The van der Waals surface area contributed by atoms with Gasteiger partial charge in [-0.15, -0.1) is 0 Å². The first-order chi connectivity index (χ1) is 14.8. The van der Waals surface area contributed by atoms with Gasteiger partial charge in [0.25, 0.3) is 5.91 Å². The van der Waals surface area contributed by atoms with Crippen molar-refractivity contribution >= 4 is 39.1 Å². The zero-order valence-corrected chi connectivity index (χ0v) is 18.8. The summed E-state index contributed by atoms with van der Waals surface area (Å²) in [6.45, 7) is 1.60. The summed E-state index contributed by atoms with van der Waals surface area (Å²) in [4.78, 5) is 14.5. The molecule has 2 heterocycles. The van der Waals surface area contributed by atoms with Crippen molar-refractivity contribution in [2.45, 2.75) is 11.4 Å². The fourth-order valence-corrected chi connectivity index (χ4v) is 5.62. The van der Waals surface area contributed by atoms with Crippen LogP contribution in [0.1, 0.15) is 15.9 Å². The monoisotopic (exact) mass is 478 g/mol. The number of aromatic nitrogens is 2. The largest absolute Gasteiger partial charge is 0.336 e. The number of hydrogen-bond donors (Lipinski definition) is 0. The van der Waals surface area contributed by atoms with Gasteiger partial charge in [-0.2, -0.15) is 9.40 Å². The number of rotatable bonds is 5. The fourth-order valence-electron chi connectivity index (χ4n) is 3.46. The second-order valence-electron chi connectivity index (χ2n) is 7.17. The van der Waals surface area contributed by atoms with Crippen LogP contribution in [-0.2, 0) is 16.6 Å². The number of nitrogens with zero attached hydrogens (tertiary/aromatic N) is 4. The minimum atomic E-state index is -3.79. The van der Waals surface area contributed by atoms with Crippen molar-refractivity contribution in [2.75, 3.05) is 26.2 Å². The Morgan fingerprint density at radius 1 is 1.00 bits per heavy atom. The van der Waals surface area contributed by atoms with Crippen molar-refractivity contribution in [3.63, 3.8) is 0 Å². The molecular formula is C21H20Cl2N4O3S. The van der Waals surface area contributed by atoms with Crippen LogP contribution in [0.3, 0.4) is 0 Å². The highest BCUT2D eigenvalue weighted by Gasteiger charge is 2.32. The Hall–Kier alpha value is -2.39. The van der Waals surface area contributed by atoms with Crippen LogP contribution < -0.4 is 0 Å². The number of carbonyl (C=O) groups excluding carboxylic acids is 1. The Morgan fingerprint density at radius 3 is 2.35 bits per heavy atom. The van der Waals surface area contributed by atoms with E-state index in [0.29, 0.717) is 30.2 Å². The summed E-state index contributed by atoms with van der Waals surface area (Å²) in [5, 5.41) is 4.60. The minimum absolute atomic E-state index is 0.0192. The first-order valence-electron chi connectivity index (χ1n) is 9.65. The lowest BCUT2D eigenvalue weighted by Gasteiger charge is -2.34. The highest BCUT2D eigenvalue weighted by atomic mass is 35.5. The molecule has 1 aromatic heterocycles. The third kappa shape index (κ3) is 4.77. The Bertz CT molecular complexity index is 1170. The summed E-state index contributed by atoms with van der Waals surface area (Å²) in [5.74, 6) is -0.122. The lowest BCUT2D eigenvalue weighted by Crippen LogP contribution is -2.50. The Kier molecular flexibility index (Phi) is 6.34. The molecule has 1 saturated heterocycles. The number of sulfonamides is 1. The maximum atomic E-state index is 12.9. The van der Waals surface area contributed by atoms with E-state index in [9.17, 15) is 13.2 Å². The summed E-state index contributed by atoms with van der Waals surface area (Å²) in [7, 11) is -3.79. The highest BCUT2D eigenvalue weighted by Crippen LogP contribution is 2.28. The van der Waals surface area contributed by atoms with E-state index in [2.05, 4.69) is 5.10 Å². The molecule has 0 bridgehead atoms. The van der Waals surface area contributed by atoms with Crippen molar-refractivity contribution < 1.29 is 13.2 Å². The van der Waals surface area contributed by atoms with Crippen molar-refractivity contribution in [2.24, 2.45) is 0 Å². The molecule has 1 fully saturated rings. The average molecular weight is 479 g/mol. The smallest absolute Gasteiger partial charge is 0.253 e. The summed E-state index contributed by atoms with van der Waals surface area (Å²) in [5.41, 5.74) is 1.60. The number of halogens is 2. The van der Waals surface area contributed by atoms with Gasteiger partial charge in [0.05, 0.1) is 11.6 Å². The molecule has 0 saturated carbocycles. The molecule has 0 atom stereocenters. The summed E-state index contributed by atoms with van der Waals surface area (Å²) < 4.78 is 29.0. The van der Waals surface area contributed by atoms with Gasteiger partial charge in [-0.05, 0) is 42.0 Å². The van der Waals surface area contributed by atoms with E-state index in [4.69, 9.17) is 23.2 Å². The number of piperazine rings is 1. The molecule has 162 valence electrons. The molecule has 1 amide bonds. The van der Waals surface area contributed by atoms with Crippen molar-refractivity contribution in [1.29, 1.82) is 0 Å². The van der Waals surface area contributed by atoms with Gasteiger partial charge >= 0.3 is 0 Å². The standard InChI is InChI=1S/C21H20Cl2N4O3S/c22-18-6-7-19(23)20(14-18)31(29,30)27-12-10-25(11-13-27)21(28)17-4-2-16(3-5-17)15-26-9-1-8-24-26/h1-9,14H,10-13,15H2. The minimum Gasteiger partial charge on any atom is -0.336 e. The predicted octanol–water partition coefficient (Wildman–Crippen LogP) is 3.38. The van der Waals surface area contributed by atoms with Gasteiger partial charge in [0, 0.05) is 49.2 Å². The molecule has 4 rings (SSSR count). The molecule has 0 unspecified atom stereocenters. The summed E-state index contributed by atoms with van der Waals surface area (Å²) in [6, 6.07) is 13.6. The van der Waals surface area contributed by atoms with Crippen LogP contribution in [0.2, 0.25) is 10.0 Å². The summed E-state index contributed by atoms with van der Waals surface area (Å²) in [6.07, 6.45) is 3.60. The second kappa shape index (κ2) is 9.00. The number of amides is 1. The van der Waals surface area contributed by atoms with Crippen LogP contribution >= 0.6 is 23.2 Å². The fraction of sp³-hybridized carbons (Fsp3) is 0.238. The normalized spacial score (nSPS) is 15.2. The molecule has 0 N–H and O–H groups in total. The first kappa shape index (κ1) is 21.8. The molecule has 31 heavy (non-hydrogen) atoms. The average Bonchev–Trinajstić information content (AvgIpc) is 3.28. The van der Waals surface area contributed by atoms with Crippen LogP contribution in [0, 0.1) is 0 Å². The molecule has 0 aliphatic carbocycles. The maximum Gasteiger partial charge on any atom is 0.253 e. The third-order valence-electron chi connectivity index (χ3n) is 5.14. The molecular weight excluding hydrogens is 459 g/mol. The molecule has 2 aromatic carbocycles. The van der Waals surface area contributed by atoms with Gasteiger partial charge in [-0.25, -0.2) is 8.42 Å². The molecule has 7 nitrogen and oxygen atoms in total. The van der Waals surface area contributed by atoms with Crippen LogP contribution in [0.25, 0.3) is 0 Å². The topological polar surface area (TPSA) is 75.5 Å². The number of hydrogen-bond acceptors (Lipinski definition) is 4. The van der Waals surface area contributed by atoms with Gasteiger partial charge in [0.2, 0.25) is 10.0 Å². The number of benzene rings is 2. The second-order valence-corrected chi connectivity index (χ2v) is 9.92. The van der Waals surface area contributed by atoms with Crippen LogP contribution in [0.4, 0.5) is 0 Å². The molecule has 10 heteroatoms. The van der Waals surface area contributed by atoms with Crippen LogP contribution in [0.5, 0.6) is 0 Å². The Morgan fingerprint density at radius 2 is 1.71 bits per heavy atom. The summed E-state index contributed by atoms with van der Waals surface area (Å²) >= 11 is 12.0. The van der Waals surface area contributed by atoms with Crippen molar-refractivity contribution in [3.8, 4) is 0 Å². The predicted molar refractivity (Wildman–Crippen MR) is 119 cm³/mol. The maximum absolute atomic E-state index is 12.9. The zero-order chi connectivity index (χ0) is 22.0. The molecule has 1 aliphatic rings. The van der Waals surface area contributed by atoms with E-state index < -0.39 is 10.0 Å². The molecule has 1 aliphatic heterocycles. The van der Waals surface area contributed by atoms with Crippen molar-refractivity contribution in [3.05, 3.63) is 82.1 Å². The first-order valence-corrected chi connectivity index (χ1v) is 11.8. The van der Waals surface area contributed by atoms with Gasteiger partial charge in [-0.1, -0.05) is 35.3 Å². The Labute approximate surface area is 190 Å². The molecule has 0 radical (unpaired) electrons. The number of carbonyl (C=O) groups is 1. The van der Waals surface area contributed by atoms with Crippen LogP contribution in [-0.4, -0.2) is 59.5 Å². The van der Waals surface area contributed by atoms with E-state index in [1.807, 2.05) is 29.1 Å². The Balaban J connectivity index is 1.40. The van der Waals surface area contributed by atoms with E-state index in [0.717, 1.165) is 5.56 Å². The highest BCUT2D eigenvalue weighted by molar-refractivity contribution is 7.89. The van der Waals surface area contributed by atoms with Gasteiger partial charge < -0.3 is 4.90 Å². The molecule has 0 spiro atoms. The van der Waals surface area contributed by atoms with E-state index in [-0.39, 0.29) is 28.9 Å². The van der Waals surface area contributed by atoms with Gasteiger partial charge in [0.15, 0.2) is 0 Å². The third-order valence-corrected chi connectivity index (χ3v) is 7.76. The van der Waals surface area contributed by atoms with E-state index in [1.165, 1.54) is 16.4 Å². The lowest BCUT2D eigenvalue weighted by molar-refractivity contribution is 0.0698. The SMILES string of the molecule is O=C(c1ccc(Cn2cccn2)cc1)N1CCN(S(=O)(=O)c2cc(Cl)ccc2Cl)CC1. The van der Waals surface area contributed by atoms with E-state index in [1.54, 1.807) is 29.3 Å². The van der Waals surface area contributed by atoms with Crippen LogP contribution in [0.15, 0.2) is 65.8 Å². The zero-order valence-electron chi connectivity index (χ0n) is 16.5. The molecule has 3 aromatic rings. The van der Waals surface area contributed by atoms with Gasteiger partial charge in [0.1, 0.15) is 4.90 Å². The van der Waals surface area contributed by atoms with E-state index >= 15 is 0 Å². The lowest BCUT2D eigenvalue weighted by atomic mass is 10.1. The quantitative estimate of drug-likeness (QED) is 0.563. The van der Waals surface area contributed by atoms with Gasteiger partial charge in [-0.3, -0.25) is 9.48 Å².